The number of carbonyl (C=O) groups excluding carboxylic acids is 2. The van der Waals surface area contributed by atoms with Gasteiger partial charge in [0.15, 0.2) is 0 Å². The average Bonchev–Trinajstić information content (AvgIpc) is 2.42. The highest BCUT2D eigenvalue weighted by Gasteiger charge is 2.17. The molecule has 8 nitrogen and oxygen atoms in total. The number of hydrogen-bond donors (Lipinski definition) is 2. The van der Waals surface area contributed by atoms with Gasteiger partial charge in [-0.05, 0) is 13.3 Å². The van der Waals surface area contributed by atoms with Crippen molar-refractivity contribution in [2.24, 2.45) is 5.73 Å². The topological polar surface area (TPSA) is 119 Å². The van der Waals surface area contributed by atoms with Crippen LogP contribution in [0.1, 0.15) is 19.8 Å². The molecule has 1 amide bonds. The van der Waals surface area contributed by atoms with Gasteiger partial charge in [-0.3, -0.25) is 9.59 Å². The Kier molecular flexibility index (Phi) is 8.35. The van der Waals surface area contributed by atoms with E-state index in [-0.39, 0.29) is 37.6 Å². The molecule has 1 atom stereocenters. The van der Waals surface area contributed by atoms with Crippen LogP contribution in [0.3, 0.4) is 0 Å². The van der Waals surface area contributed by atoms with Gasteiger partial charge in [0.2, 0.25) is 15.9 Å². The van der Waals surface area contributed by atoms with Crippen molar-refractivity contribution in [1.82, 2.24) is 9.62 Å². The molecule has 0 aromatic heterocycles. The van der Waals surface area contributed by atoms with Gasteiger partial charge in [0, 0.05) is 26.6 Å². The summed E-state index contributed by atoms with van der Waals surface area (Å²) in [4.78, 5) is 24.2. The highest BCUT2D eigenvalue weighted by molar-refractivity contribution is 7.89. The van der Waals surface area contributed by atoms with Gasteiger partial charge in [0.1, 0.15) is 6.04 Å². The van der Waals surface area contributed by atoms with Crippen molar-refractivity contribution in [3.63, 3.8) is 0 Å². The SMILES string of the molecule is CCS(=O)(=O)NCCN(C)C(=O)CC[C@H](N)C(=O)OC. The lowest BCUT2D eigenvalue weighted by Gasteiger charge is -2.18. The molecule has 118 valence electrons. The molecule has 0 aromatic rings. The van der Waals surface area contributed by atoms with Gasteiger partial charge < -0.3 is 15.4 Å². The normalized spacial score (nSPS) is 12.8. The van der Waals surface area contributed by atoms with Crippen molar-refractivity contribution in [3.8, 4) is 0 Å². The molecule has 20 heavy (non-hydrogen) atoms. The summed E-state index contributed by atoms with van der Waals surface area (Å²) in [6.45, 7) is 1.94. The van der Waals surface area contributed by atoms with E-state index in [1.807, 2.05) is 0 Å². The summed E-state index contributed by atoms with van der Waals surface area (Å²) in [6.07, 6.45) is 0.295. The first-order valence-corrected chi connectivity index (χ1v) is 7.93. The van der Waals surface area contributed by atoms with Crippen LogP contribution in [0.2, 0.25) is 0 Å². The van der Waals surface area contributed by atoms with Gasteiger partial charge in [-0.15, -0.1) is 0 Å². The van der Waals surface area contributed by atoms with Gasteiger partial charge in [-0.1, -0.05) is 0 Å². The van der Waals surface area contributed by atoms with E-state index in [9.17, 15) is 18.0 Å². The quantitative estimate of drug-likeness (QED) is 0.509. The van der Waals surface area contributed by atoms with Crippen LogP contribution in [0.5, 0.6) is 0 Å². The van der Waals surface area contributed by atoms with Crippen molar-refractivity contribution in [1.29, 1.82) is 0 Å². The van der Waals surface area contributed by atoms with Gasteiger partial charge in [-0.25, -0.2) is 13.1 Å². The summed E-state index contributed by atoms with van der Waals surface area (Å²) >= 11 is 0. The molecule has 0 bridgehead atoms. The molecular formula is C11H23N3O5S. The molecule has 0 aliphatic rings. The lowest BCUT2D eigenvalue weighted by molar-refractivity contribution is -0.142. The second kappa shape index (κ2) is 8.88. The maximum Gasteiger partial charge on any atom is 0.322 e. The zero-order valence-electron chi connectivity index (χ0n) is 12.1. The first kappa shape index (κ1) is 18.8. The Labute approximate surface area is 119 Å². The number of esters is 1. The molecule has 0 fully saturated rings. The van der Waals surface area contributed by atoms with Gasteiger partial charge in [-0.2, -0.15) is 0 Å². The van der Waals surface area contributed by atoms with E-state index in [0.29, 0.717) is 0 Å². The number of ether oxygens (including phenoxy) is 1. The molecule has 9 heteroatoms. The van der Waals surface area contributed by atoms with Gasteiger partial charge in [0.25, 0.3) is 0 Å². The minimum atomic E-state index is -3.25. The minimum absolute atomic E-state index is 0.00135. The van der Waals surface area contributed by atoms with Crippen molar-refractivity contribution >= 4 is 21.9 Å². The van der Waals surface area contributed by atoms with Crippen LogP contribution < -0.4 is 10.5 Å². The van der Waals surface area contributed by atoms with Gasteiger partial charge in [0.05, 0.1) is 12.9 Å². The second-order valence-corrected chi connectivity index (χ2v) is 6.38. The standard InChI is InChI=1S/C11H23N3O5S/c1-4-20(17,18)13-7-8-14(2)10(15)6-5-9(12)11(16)19-3/h9,13H,4-8,12H2,1-3H3/t9-/m0/s1. The number of hydrogen-bond acceptors (Lipinski definition) is 6. The van der Waals surface area contributed by atoms with Crippen molar-refractivity contribution in [3.05, 3.63) is 0 Å². The van der Waals surface area contributed by atoms with E-state index < -0.39 is 22.0 Å². The molecule has 0 aliphatic heterocycles. The first-order chi connectivity index (χ1) is 9.23. The van der Waals surface area contributed by atoms with E-state index in [0.717, 1.165) is 0 Å². The molecular weight excluding hydrogens is 286 g/mol. The van der Waals surface area contributed by atoms with Crippen LogP contribution in [0.25, 0.3) is 0 Å². The zero-order chi connectivity index (χ0) is 15.8. The number of amides is 1. The molecule has 0 aliphatic carbocycles. The Morgan fingerprint density at radius 3 is 2.50 bits per heavy atom. The minimum Gasteiger partial charge on any atom is -0.468 e. The van der Waals surface area contributed by atoms with E-state index in [1.54, 1.807) is 7.05 Å². The van der Waals surface area contributed by atoms with E-state index in [2.05, 4.69) is 9.46 Å². The van der Waals surface area contributed by atoms with Crippen LogP contribution >= 0.6 is 0 Å². The molecule has 0 saturated heterocycles. The third-order valence-electron chi connectivity index (χ3n) is 2.75. The summed E-state index contributed by atoms with van der Waals surface area (Å²) in [5.41, 5.74) is 5.51. The Hall–Kier alpha value is -1.19. The fourth-order valence-electron chi connectivity index (χ4n) is 1.33. The third-order valence-corrected chi connectivity index (χ3v) is 4.15. The number of nitrogens with zero attached hydrogens (tertiary/aromatic N) is 1. The third kappa shape index (κ3) is 7.41. The van der Waals surface area contributed by atoms with Crippen LogP contribution in [-0.2, 0) is 24.3 Å². The Morgan fingerprint density at radius 2 is 2.00 bits per heavy atom. The fraction of sp³-hybridized carbons (Fsp3) is 0.818. The Bertz CT molecular complexity index is 424. The van der Waals surface area contributed by atoms with Gasteiger partial charge >= 0.3 is 5.97 Å². The molecule has 0 spiro atoms. The Morgan fingerprint density at radius 1 is 1.40 bits per heavy atom. The number of likely N-dealkylation sites (N-methyl/N-ethyl adjacent to an activating group) is 1. The number of nitrogens with two attached hydrogens (primary N) is 1. The van der Waals surface area contributed by atoms with E-state index in [4.69, 9.17) is 5.73 Å². The van der Waals surface area contributed by atoms with Crippen molar-refractivity contribution < 1.29 is 22.7 Å². The van der Waals surface area contributed by atoms with Crippen LogP contribution in [0, 0.1) is 0 Å². The fourth-order valence-corrected chi connectivity index (χ4v) is 1.94. The number of sulfonamides is 1. The maximum atomic E-state index is 11.7. The lowest BCUT2D eigenvalue weighted by atomic mass is 10.1. The molecule has 0 radical (unpaired) electrons. The largest absolute Gasteiger partial charge is 0.468 e. The summed E-state index contributed by atoms with van der Waals surface area (Å²) in [7, 11) is -0.456. The predicted octanol–water partition coefficient (Wildman–Crippen LogP) is -1.34. The number of methoxy groups -OCH3 is 1. The van der Waals surface area contributed by atoms with Crippen molar-refractivity contribution in [2.75, 3.05) is 33.0 Å². The molecule has 0 saturated carbocycles. The number of rotatable bonds is 9. The number of carbonyl (C=O) groups is 2. The van der Waals surface area contributed by atoms with Crippen LogP contribution in [0.15, 0.2) is 0 Å². The Balaban J connectivity index is 4.02. The highest BCUT2D eigenvalue weighted by atomic mass is 32.2. The lowest BCUT2D eigenvalue weighted by Crippen LogP contribution is -2.38. The predicted molar refractivity (Wildman–Crippen MR) is 74.3 cm³/mol. The molecule has 3 N–H and O–H groups in total. The summed E-state index contributed by atoms with van der Waals surface area (Å²) in [6, 6.07) is -0.823. The smallest absolute Gasteiger partial charge is 0.322 e. The van der Waals surface area contributed by atoms with Crippen LogP contribution in [-0.4, -0.2) is 64.2 Å². The van der Waals surface area contributed by atoms with E-state index >= 15 is 0 Å². The molecule has 0 unspecified atom stereocenters. The summed E-state index contributed by atoms with van der Waals surface area (Å²) < 4.78 is 29.2. The molecule has 0 heterocycles. The maximum absolute atomic E-state index is 11.7. The molecule has 0 rings (SSSR count). The monoisotopic (exact) mass is 309 g/mol. The van der Waals surface area contributed by atoms with Crippen molar-refractivity contribution in [2.45, 2.75) is 25.8 Å². The molecule has 0 aromatic carbocycles. The number of nitrogens with one attached hydrogen (secondary N) is 1. The summed E-state index contributed by atoms with van der Waals surface area (Å²) in [5, 5.41) is 0. The average molecular weight is 309 g/mol. The first-order valence-electron chi connectivity index (χ1n) is 6.28. The second-order valence-electron chi connectivity index (χ2n) is 4.28. The van der Waals surface area contributed by atoms with E-state index in [1.165, 1.54) is 18.9 Å². The van der Waals surface area contributed by atoms with Crippen LogP contribution in [0.4, 0.5) is 0 Å². The highest BCUT2D eigenvalue weighted by Crippen LogP contribution is 2.00. The summed E-state index contributed by atoms with van der Waals surface area (Å²) in [5.74, 6) is -0.769. The zero-order valence-corrected chi connectivity index (χ0v) is 12.9.